The van der Waals surface area contributed by atoms with Crippen LogP contribution in [0.1, 0.15) is 22.8 Å². The van der Waals surface area contributed by atoms with Gasteiger partial charge in [0.05, 0.1) is 12.7 Å². The van der Waals surface area contributed by atoms with Gasteiger partial charge in [0.25, 0.3) is 0 Å². The molecule has 0 aliphatic rings. The molecule has 0 unspecified atom stereocenters. The lowest BCUT2D eigenvalue weighted by molar-refractivity contribution is 0.112. The van der Waals surface area contributed by atoms with E-state index in [0.29, 0.717) is 6.29 Å². The lowest BCUT2D eigenvalue weighted by Crippen LogP contribution is -1.93. The summed E-state index contributed by atoms with van der Waals surface area (Å²) >= 11 is 0. The number of hydrogen-bond donors (Lipinski definition) is 1. The Kier molecular flexibility index (Phi) is 4.49. The number of aromatic hydroxyl groups is 1. The fourth-order valence-electron chi connectivity index (χ4n) is 1.65. The minimum atomic E-state index is -0.157. The van der Waals surface area contributed by atoms with Crippen molar-refractivity contribution in [3.8, 4) is 11.5 Å². The van der Waals surface area contributed by atoms with Crippen LogP contribution in [0.2, 0.25) is 0 Å². The molecule has 0 radical (unpaired) electrons. The third-order valence-electron chi connectivity index (χ3n) is 2.70. The van der Waals surface area contributed by atoms with Crippen LogP contribution in [0.5, 0.6) is 11.5 Å². The van der Waals surface area contributed by atoms with Gasteiger partial charge in [-0.3, -0.25) is 4.79 Å². The SMILES string of the molecule is C=C/C(C)=C(\C=C)c1cc(C=O)c(O)c(OC)c1. The number of allylic oxidation sites excluding steroid dienone is 4. The monoisotopic (exact) mass is 244 g/mol. The van der Waals surface area contributed by atoms with Crippen LogP contribution in [-0.4, -0.2) is 18.5 Å². The molecule has 0 bridgehead atoms. The maximum atomic E-state index is 10.9. The number of phenolic OH excluding ortho intramolecular Hbond substituents is 1. The van der Waals surface area contributed by atoms with Crippen LogP contribution in [0.25, 0.3) is 5.57 Å². The fraction of sp³-hybridized carbons (Fsp3) is 0.133. The van der Waals surface area contributed by atoms with Gasteiger partial charge >= 0.3 is 0 Å². The highest BCUT2D eigenvalue weighted by atomic mass is 16.5. The first-order valence-corrected chi connectivity index (χ1v) is 5.41. The summed E-state index contributed by atoms with van der Waals surface area (Å²) in [5.41, 5.74) is 2.70. The Labute approximate surface area is 107 Å². The third-order valence-corrected chi connectivity index (χ3v) is 2.70. The van der Waals surface area contributed by atoms with Crippen molar-refractivity contribution in [1.29, 1.82) is 0 Å². The van der Waals surface area contributed by atoms with Gasteiger partial charge in [0, 0.05) is 0 Å². The molecule has 0 fully saturated rings. The zero-order valence-corrected chi connectivity index (χ0v) is 10.6. The Morgan fingerprint density at radius 1 is 1.33 bits per heavy atom. The number of methoxy groups -OCH3 is 1. The van der Waals surface area contributed by atoms with E-state index < -0.39 is 0 Å². The molecule has 1 N–H and O–H groups in total. The van der Waals surface area contributed by atoms with Crippen LogP contribution in [0, 0.1) is 0 Å². The van der Waals surface area contributed by atoms with E-state index in [2.05, 4.69) is 13.2 Å². The van der Waals surface area contributed by atoms with E-state index in [9.17, 15) is 9.90 Å². The molecule has 1 aromatic rings. The quantitative estimate of drug-likeness (QED) is 0.638. The van der Waals surface area contributed by atoms with Crippen molar-refractivity contribution in [3.05, 3.63) is 54.1 Å². The molecule has 0 atom stereocenters. The second-order valence-corrected chi connectivity index (χ2v) is 3.74. The molecule has 0 saturated heterocycles. The van der Waals surface area contributed by atoms with Gasteiger partial charge in [0.1, 0.15) is 0 Å². The summed E-state index contributed by atoms with van der Waals surface area (Å²) in [6.07, 6.45) is 3.97. The van der Waals surface area contributed by atoms with Gasteiger partial charge in [-0.15, -0.1) is 0 Å². The molecule has 0 saturated carbocycles. The van der Waals surface area contributed by atoms with Gasteiger partial charge in [-0.05, 0) is 35.8 Å². The zero-order valence-electron chi connectivity index (χ0n) is 10.6. The van der Waals surface area contributed by atoms with E-state index in [0.717, 1.165) is 16.7 Å². The van der Waals surface area contributed by atoms with Crippen LogP contribution < -0.4 is 4.74 Å². The summed E-state index contributed by atoms with van der Waals surface area (Å²) in [4.78, 5) is 10.9. The second-order valence-electron chi connectivity index (χ2n) is 3.74. The molecule has 1 aromatic carbocycles. The summed E-state index contributed by atoms with van der Waals surface area (Å²) in [5, 5.41) is 9.75. The smallest absolute Gasteiger partial charge is 0.168 e. The maximum absolute atomic E-state index is 10.9. The first-order valence-electron chi connectivity index (χ1n) is 5.41. The molecule has 3 heteroatoms. The largest absolute Gasteiger partial charge is 0.504 e. The van der Waals surface area contributed by atoms with E-state index >= 15 is 0 Å². The van der Waals surface area contributed by atoms with Gasteiger partial charge in [0.2, 0.25) is 0 Å². The molecular formula is C15H16O3. The minimum Gasteiger partial charge on any atom is -0.504 e. The van der Waals surface area contributed by atoms with Crippen molar-refractivity contribution in [2.24, 2.45) is 0 Å². The van der Waals surface area contributed by atoms with Gasteiger partial charge in [-0.1, -0.05) is 25.3 Å². The van der Waals surface area contributed by atoms with E-state index in [1.165, 1.54) is 7.11 Å². The second kappa shape index (κ2) is 5.87. The number of carbonyl (C=O) groups is 1. The van der Waals surface area contributed by atoms with E-state index in [1.807, 2.05) is 6.92 Å². The highest BCUT2D eigenvalue weighted by Crippen LogP contribution is 2.34. The predicted molar refractivity (Wildman–Crippen MR) is 73.0 cm³/mol. The van der Waals surface area contributed by atoms with Crippen LogP contribution in [-0.2, 0) is 0 Å². The van der Waals surface area contributed by atoms with Crippen molar-refractivity contribution in [3.63, 3.8) is 0 Å². The lowest BCUT2D eigenvalue weighted by Gasteiger charge is -2.11. The van der Waals surface area contributed by atoms with Crippen molar-refractivity contribution < 1.29 is 14.6 Å². The normalized spacial score (nSPS) is 11.4. The molecule has 3 nitrogen and oxygen atoms in total. The highest BCUT2D eigenvalue weighted by molar-refractivity contribution is 5.86. The number of phenols is 1. The standard InChI is InChI=1S/C15H16O3/c1-5-10(3)13(6-2)11-7-12(9-16)15(17)14(8-11)18-4/h5-9,17H,1-2H2,3-4H3/b13-10+. The Hall–Kier alpha value is -2.29. The van der Waals surface area contributed by atoms with E-state index in [-0.39, 0.29) is 17.1 Å². The molecule has 0 spiro atoms. The average molecular weight is 244 g/mol. The number of aldehydes is 1. The molecule has 1 rings (SSSR count). The van der Waals surface area contributed by atoms with Gasteiger partial charge in [-0.2, -0.15) is 0 Å². The number of hydrogen-bond acceptors (Lipinski definition) is 3. The molecule has 18 heavy (non-hydrogen) atoms. The number of carbonyl (C=O) groups excluding carboxylic acids is 1. The summed E-state index contributed by atoms with van der Waals surface area (Å²) < 4.78 is 5.04. The van der Waals surface area contributed by atoms with Crippen molar-refractivity contribution in [1.82, 2.24) is 0 Å². The zero-order chi connectivity index (χ0) is 13.7. The maximum Gasteiger partial charge on any atom is 0.168 e. The fourth-order valence-corrected chi connectivity index (χ4v) is 1.65. The molecule has 0 aliphatic heterocycles. The Bertz CT molecular complexity index is 525. The van der Waals surface area contributed by atoms with Crippen LogP contribution in [0.15, 0.2) is 43.0 Å². The average Bonchev–Trinajstić information content (AvgIpc) is 2.40. The molecule has 0 aromatic heterocycles. The molecule has 0 heterocycles. The topological polar surface area (TPSA) is 46.5 Å². The minimum absolute atomic E-state index is 0.157. The summed E-state index contributed by atoms with van der Waals surface area (Å²) in [6.45, 7) is 9.34. The van der Waals surface area contributed by atoms with Crippen molar-refractivity contribution in [2.75, 3.05) is 7.11 Å². The number of ether oxygens (including phenoxy) is 1. The third kappa shape index (κ3) is 2.51. The van der Waals surface area contributed by atoms with Crippen molar-refractivity contribution in [2.45, 2.75) is 6.92 Å². The Balaban J connectivity index is 3.55. The van der Waals surface area contributed by atoms with E-state index in [1.54, 1.807) is 24.3 Å². The Morgan fingerprint density at radius 2 is 2.00 bits per heavy atom. The predicted octanol–water partition coefficient (Wildman–Crippen LogP) is 3.36. The number of benzene rings is 1. The first-order chi connectivity index (χ1) is 8.58. The van der Waals surface area contributed by atoms with Crippen LogP contribution in [0.4, 0.5) is 0 Å². The summed E-state index contributed by atoms with van der Waals surface area (Å²) in [7, 11) is 1.44. The molecule has 0 amide bonds. The van der Waals surface area contributed by atoms with Gasteiger partial charge in [0.15, 0.2) is 17.8 Å². The summed E-state index contributed by atoms with van der Waals surface area (Å²) in [5.74, 6) is 0.0988. The molecule has 0 aliphatic carbocycles. The molecular weight excluding hydrogens is 228 g/mol. The van der Waals surface area contributed by atoms with Gasteiger partial charge in [-0.25, -0.2) is 0 Å². The van der Waals surface area contributed by atoms with E-state index in [4.69, 9.17) is 4.74 Å². The Morgan fingerprint density at radius 3 is 2.44 bits per heavy atom. The molecule has 94 valence electrons. The first kappa shape index (κ1) is 13.8. The summed E-state index contributed by atoms with van der Waals surface area (Å²) in [6, 6.07) is 3.25. The van der Waals surface area contributed by atoms with Crippen LogP contribution >= 0.6 is 0 Å². The lowest BCUT2D eigenvalue weighted by atomic mass is 9.98. The van der Waals surface area contributed by atoms with Crippen LogP contribution in [0.3, 0.4) is 0 Å². The highest BCUT2D eigenvalue weighted by Gasteiger charge is 2.12. The van der Waals surface area contributed by atoms with Crippen molar-refractivity contribution >= 4 is 11.9 Å². The number of rotatable bonds is 5. The van der Waals surface area contributed by atoms with Gasteiger partial charge < -0.3 is 9.84 Å².